The van der Waals surface area contributed by atoms with Crippen molar-refractivity contribution in [1.82, 2.24) is 0 Å². The summed E-state index contributed by atoms with van der Waals surface area (Å²) in [6.07, 6.45) is 0. The van der Waals surface area contributed by atoms with Gasteiger partial charge in [-0.05, 0) is 64.3 Å². The molecule has 0 saturated heterocycles. The van der Waals surface area contributed by atoms with Gasteiger partial charge in [0.15, 0.2) is 0 Å². The van der Waals surface area contributed by atoms with E-state index in [9.17, 15) is 4.39 Å². The Kier molecular flexibility index (Phi) is 4.40. The molecular formula is C14H11Br2FO. The SMILES string of the molecule is Cc1cc(OCc2ccc(F)c(Br)c2)ccc1Br. The van der Waals surface area contributed by atoms with Crippen LogP contribution in [0.2, 0.25) is 0 Å². The molecule has 0 bridgehead atoms. The van der Waals surface area contributed by atoms with Gasteiger partial charge in [0.25, 0.3) is 0 Å². The minimum absolute atomic E-state index is 0.266. The standard InChI is InChI=1S/C14H11Br2FO/c1-9-6-11(3-4-12(9)15)18-8-10-2-5-14(17)13(16)7-10/h2-7H,8H2,1H3. The van der Waals surface area contributed by atoms with E-state index >= 15 is 0 Å². The topological polar surface area (TPSA) is 9.23 Å². The summed E-state index contributed by atoms with van der Waals surface area (Å²) in [5.41, 5.74) is 2.04. The van der Waals surface area contributed by atoms with Crippen LogP contribution in [-0.2, 0) is 6.61 Å². The van der Waals surface area contributed by atoms with Gasteiger partial charge in [-0.25, -0.2) is 4.39 Å². The molecule has 0 fully saturated rings. The minimum atomic E-state index is -0.266. The highest BCUT2D eigenvalue weighted by molar-refractivity contribution is 9.10. The molecule has 0 aliphatic rings. The Hall–Kier alpha value is -0.870. The molecule has 0 aromatic heterocycles. The maximum Gasteiger partial charge on any atom is 0.137 e. The van der Waals surface area contributed by atoms with Crippen LogP contribution in [0.1, 0.15) is 11.1 Å². The van der Waals surface area contributed by atoms with Crippen LogP contribution in [0.5, 0.6) is 5.75 Å². The van der Waals surface area contributed by atoms with Gasteiger partial charge in [-0.15, -0.1) is 0 Å². The number of hydrogen-bond acceptors (Lipinski definition) is 1. The first kappa shape index (κ1) is 13.6. The Morgan fingerprint density at radius 1 is 1.06 bits per heavy atom. The molecule has 0 unspecified atom stereocenters. The van der Waals surface area contributed by atoms with Gasteiger partial charge in [0.1, 0.15) is 18.2 Å². The van der Waals surface area contributed by atoms with Crippen molar-refractivity contribution < 1.29 is 9.13 Å². The van der Waals surface area contributed by atoms with Gasteiger partial charge >= 0.3 is 0 Å². The molecular weight excluding hydrogens is 363 g/mol. The van der Waals surface area contributed by atoms with Crippen LogP contribution in [0.4, 0.5) is 4.39 Å². The van der Waals surface area contributed by atoms with Crippen molar-refractivity contribution in [2.45, 2.75) is 13.5 Å². The van der Waals surface area contributed by atoms with Crippen LogP contribution in [0.25, 0.3) is 0 Å². The second-order valence-corrected chi connectivity index (χ2v) is 5.66. The largest absolute Gasteiger partial charge is 0.489 e. The third-order valence-electron chi connectivity index (χ3n) is 2.52. The zero-order valence-electron chi connectivity index (χ0n) is 9.71. The Morgan fingerprint density at radius 3 is 2.50 bits per heavy atom. The number of benzene rings is 2. The first-order chi connectivity index (χ1) is 8.56. The summed E-state index contributed by atoms with van der Waals surface area (Å²) in [5.74, 6) is 0.536. The molecule has 0 heterocycles. The zero-order chi connectivity index (χ0) is 13.1. The maximum absolute atomic E-state index is 13.1. The quantitative estimate of drug-likeness (QED) is 0.714. The molecule has 0 radical (unpaired) electrons. The van der Waals surface area contributed by atoms with Crippen LogP contribution < -0.4 is 4.74 Å². The van der Waals surface area contributed by atoms with Gasteiger partial charge in [0.2, 0.25) is 0 Å². The van der Waals surface area contributed by atoms with Gasteiger partial charge < -0.3 is 4.74 Å². The zero-order valence-corrected chi connectivity index (χ0v) is 12.9. The normalized spacial score (nSPS) is 10.4. The molecule has 94 valence electrons. The molecule has 18 heavy (non-hydrogen) atoms. The van der Waals surface area contributed by atoms with E-state index in [0.29, 0.717) is 11.1 Å². The average Bonchev–Trinajstić information content (AvgIpc) is 2.35. The van der Waals surface area contributed by atoms with E-state index in [4.69, 9.17) is 4.74 Å². The highest BCUT2D eigenvalue weighted by Gasteiger charge is 2.02. The summed E-state index contributed by atoms with van der Waals surface area (Å²) >= 11 is 6.60. The fraction of sp³-hybridized carbons (Fsp3) is 0.143. The lowest BCUT2D eigenvalue weighted by molar-refractivity contribution is 0.305. The Bertz CT molecular complexity index is 518. The molecule has 0 amide bonds. The summed E-state index contributed by atoms with van der Waals surface area (Å²) in [4.78, 5) is 0. The van der Waals surface area contributed by atoms with Crippen molar-refractivity contribution >= 4 is 31.9 Å². The van der Waals surface area contributed by atoms with Crippen molar-refractivity contribution in [3.8, 4) is 5.75 Å². The molecule has 0 spiro atoms. The van der Waals surface area contributed by atoms with E-state index in [0.717, 1.165) is 21.3 Å². The van der Waals surface area contributed by atoms with E-state index in [2.05, 4.69) is 31.9 Å². The summed E-state index contributed by atoms with van der Waals surface area (Å²) in [6, 6.07) is 10.7. The minimum Gasteiger partial charge on any atom is -0.489 e. The predicted octanol–water partition coefficient (Wildman–Crippen LogP) is 5.24. The van der Waals surface area contributed by atoms with Gasteiger partial charge in [-0.3, -0.25) is 0 Å². The van der Waals surface area contributed by atoms with Gasteiger partial charge in [0, 0.05) is 4.47 Å². The number of rotatable bonds is 3. The molecule has 0 aliphatic carbocycles. The highest BCUT2D eigenvalue weighted by atomic mass is 79.9. The number of aryl methyl sites for hydroxylation is 1. The predicted molar refractivity (Wildman–Crippen MR) is 77.3 cm³/mol. The van der Waals surface area contributed by atoms with E-state index in [1.54, 1.807) is 12.1 Å². The van der Waals surface area contributed by atoms with Gasteiger partial charge in [0.05, 0.1) is 4.47 Å². The second kappa shape index (κ2) is 5.85. The molecule has 0 atom stereocenters. The number of hydrogen-bond donors (Lipinski definition) is 0. The Morgan fingerprint density at radius 2 is 1.83 bits per heavy atom. The van der Waals surface area contributed by atoms with Crippen molar-refractivity contribution in [1.29, 1.82) is 0 Å². The third kappa shape index (κ3) is 3.33. The van der Waals surface area contributed by atoms with Crippen molar-refractivity contribution in [3.05, 3.63) is 62.3 Å². The van der Waals surface area contributed by atoms with Gasteiger partial charge in [-0.2, -0.15) is 0 Å². The molecule has 4 heteroatoms. The van der Waals surface area contributed by atoms with Crippen molar-refractivity contribution in [2.24, 2.45) is 0 Å². The fourth-order valence-electron chi connectivity index (χ4n) is 1.50. The highest BCUT2D eigenvalue weighted by Crippen LogP contribution is 2.23. The smallest absolute Gasteiger partial charge is 0.137 e. The van der Waals surface area contributed by atoms with Crippen molar-refractivity contribution in [3.63, 3.8) is 0 Å². The second-order valence-electron chi connectivity index (χ2n) is 3.95. The lowest BCUT2D eigenvalue weighted by atomic mass is 10.2. The van der Waals surface area contributed by atoms with Crippen LogP contribution in [0.15, 0.2) is 45.3 Å². The first-order valence-electron chi connectivity index (χ1n) is 5.39. The number of halogens is 3. The van der Waals surface area contributed by atoms with E-state index in [-0.39, 0.29) is 5.82 Å². The van der Waals surface area contributed by atoms with Crippen LogP contribution >= 0.6 is 31.9 Å². The summed E-state index contributed by atoms with van der Waals surface area (Å²) in [6.45, 7) is 2.42. The summed E-state index contributed by atoms with van der Waals surface area (Å²) < 4.78 is 20.2. The van der Waals surface area contributed by atoms with Crippen LogP contribution in [0.3, 0.4) is 0 Å². The van der Waals surface area contributed by atoms with Crippen LogP contribution in [-0.4, -0.2) is 0 Å². The third-order valence-corrected chi connectivity index (χ3v) is 4.02. The van der Waals surface area contributed by atoms with Crippen molar-refractivity contribution in [2.75, 3.05) is 0 Å². The van der Waals surface area contributed by atoms with E-state index < -0.39 is 0 Å². The molecule has 0 saturated carbocycles. The monoisotopic (exact) mass is 372 g/mol. The summed E-state index contributed by atoms with van der Waals surface area (Å²) in [5, 5.41) is 0. The molecule has 1 nitrogen and oxygen atoms in total. The Labute approximate surface area is 122 Å². The Balaban J connectivity index is 2.06. The molecule has 0 N–H and O–H groups in total. The molecule has 2 aromatic rings. The van der Waals surface area contributed by atoms with Gasteiger partial charge in [-0.1, -0.05) is 22.0 Å². The molecule has 2 rings (SSSR count). The maximum atomic E-state index is 13.1. The fourth-order valence-corrected chi connectivity index (χ4v) is 2.18. The lowest BCUT2D eigenvalue weighted by Gasteiger charge is -2.08. The lowest BCUT2D eigenvalue weighted by Crippen LogP contribution is -1.96. The van der Waals surface area contributed by atoms with E-state index in [1.165, 1.54) is 6.07 Å². The molecule has 0 aliphatic heterocycles. The summed E-state index contributed by atoms with van der Waals surface area (Å²) in [7, 11) is 0. The van der Waals surface area contributed by atoms with E-state index in [1.807, 2.05) is 25.1 Å². The molecule has 2 aromatic carbocycles. The first-order valence-corrected chi connectivity index (χ1v) is 6.98. The average molecular weight is 374 g/mol. The number of ether oxygens (including phenoxy) is 1. The van der Waals surface area contributed by atoms with Crippen LogP contribution in [0, 0.1) is 12.7 Å².